The van der Waals surface area contributed by atoms with Crippen molar-refractivity contribution in [3.05, 3.63) is 0 Å². The highest BCUT2D eigenvalue weighted by Gasteiger charge is 2.43. The van der Waals surface area contributed by atoms with E-state index in [1.807, 2.05) is 0 Å². The van der Waals surface area contributed by atoms with E-state index in [2.05, 4.69) is 5.32 Å². The Kier molecular flexibility index (Phi) is 3.37. The summed E-state index contributed by atoms with van der Waals surface area (Å²) in [6.45, 7) is 0.574. The molecule has 5 nitrogen and oxygen atoms in total. The Hall–Kier alpha value is -1.26. The number of carbonyl (C=O) groups excluding carboxylic acids is 1. The minimum absolute atomic E-state index is 0.157. The van der Waals surface area contributed by atoms with Crippen LogP contribution < -0.4 is 5.32 Å². The van der Waals surface area contributed by atoms with Crippen LogP contribution in [0, 0.1) is 11.8 Å². The third kappa shape index (κ3) is 2.85. The lowest BCUT2D eigenvalue weighted by molar-refractivity contribution is -0.143. The lowest BCUT2D eigenvalue weighted by Gasteiger charge is -2.34. The minimum atomic E-state index is -0.871. The fourth-order valence-electron chi connectivity index (χ4n) is 3.19. The molecule has 3 rings (SSSR count). The maximum absolute atomic E-state index is 12.3. The van der Waals surface area contributed by atoms with Gasteiger partial charge in [-0.05, 0) is 56.8 Å². The van der Waals surface area contributed by atoms with Gasteiger partial charge in [0.2, 0.25) is 0 Å². The average Bonchev–Trinajstić information content (AvgIpc) is 3.29. The molecule has 1 atom stereocenters. The molecule has 0 aromatic rings. The van der Waals surface area contributed by atoms with Crippen molar-refractivity contribution in [1.82, 2.24) is 10.2 Å². The second-order valence-corrected chi connectivity index (χ2v) is 6.19. The average molecular weight is 266 g/mol. The van der Waals surface area contributed by atoms with Crippen LogP contribution in [0.2, 0.25) is 0 Å². The predicted octanol–water partition coefficient (Wildman–Crippen LogP) is 1.82. The van der Waals surface area contributed by atoms with Crippen molar-refractivity contribution in [2.45, 2.75) is 57.0 Å². The molecule has 0 radical (unpaired) electrons. The lowest BCUT2D eigenvalue weighted by atomic mass is 10.0. The van der Waals surface area contributed by atoms with E-state index in [4.69, 9.17) is 0 Å². The molecule has 106 valence electrons. The van der Waals surface area contributed by atoms with E-state index >= 15 is 0 Å². The molecular weight excluding hydrogens is 244 g/mol. The molecular formula is C14H22N2O3. The van der Waals surface area contributed by atoms with E-state index in [9.17, 15) is 14.7 Å². The topological polar surface area (TPSA) is 69.6 Å². The van der Waals surface area contributed by atoms with Gasteiger partial charge in [0.1, 0.15) is 6.04 Å². The van der Waals surface area contributed by atoms with E-state index in [1.165, 1.54) is 30.6 Å². The summed E-state index contributed by atoms with van der Waals surface area (Å²) in [7, 11) is 0. The van der Waals surface area contributed by atoms with E-state index in [1.54, 1.807) is 0 Å². The van der Waals surface area contributed by atoms with Crippen molar-refractivity contribution in [2.24, 2.45) is 11.8 Å². The van der Waals surface area contributed by atoms with Crippen LogP contribution in [-0.4, -0.2) is 40.6 Å². The van der Waals surface area contributed by atoms with Gasteiger partial charge in [-0.25, -0.2) is 9.59 Å². The first-order valence-corrected chi connectivity index (χ1v) is 7.47. The van der Waals surface area contributed by atoms with Crippen molar-refractivity contribution in [2.75, 3.05) is 6.54 Å². The molecule has 1 saturated heterocycles. The zero-order chi connectivity index (χ0) is 13.4. The van der Waals surface area contributed by atoms with E-state index in [-0.39, 0.29) is 6.03 Å². The van der Waals surface area contributed by atoms with Gasteiger partial charge in [0.25, 0.3) is 0 Å². The number of rotatable bonds is 4. The molecule has 19 heavy (non-hydrogen) atoms. The summed E-state index contributed by atoms with van der Waals surface area (Å²) in [5.41, 5.74) is 0. The quantitative estimate of drug-likeness (QED) is 0.815. The Morgan fingerprint density at radius 2 is 1.68 bits per heavy atom. The van der Waals surface area contributed by atoms with Crippen molar-refractivity contribution in [3.8, 4) is 0 Å². The number of piperidine rings is 1. The number of amides is 2. The summed E-state index contributed by atoms with van der Waals surface area (Å²) in [4.78, 5) is 25.1. The van der Waals surface area contributed by atoms with E-state index in [0.29, 0.717) is 30.8 Å². The van der Waals surface area contributed by atoms with Gasteiger partial charge in [0.15, 0.2) is 0 Å². The van der Waals surface area contributed by atoms with Crippen molar-refractivity contribution >= 4 is 12.0 Å². The van der Waals surface area contributed by atoms with Gasteiger partial charge in [0, 0.05) is 12.6 Å². The summed E-state index contributed by atoms with van der Waals surface area (Å²) in [6, 6.07) is -0.493. The summed E-state index contributed by atoms with van der Waals surface area (Å²) in [5.74, 6) is 0.415. The maximum Gasteiger partial charge on any atom is 0.326 e. The highest BCUT2D eigenvalue weighted by molar-refractivity contribution is 5.83. The number of likely N-dealkylation sites (tertiary alicyclic amines) is 1. The van der Waals surface area contributed by atoms with Crippen molar-refractivity contribution < 1.29 is 14.7 Å². The van der Waals surface area contributed by atoms with Crippen molar-refractivity contribution in [3.63, 3.8) is 0 Å². The molecule has 5 heteroatoms. The summed E-state index contributed by atoms with van der Waals surface area (Å²) in [6.07, 6.45) is 7.24. The van der Waals surface area contributed by atoms with Gasteiger partial charge in [-0.2, -0.15) is 0 Å². The molecule has 1 heterocycles. The number of carboxylic acid groups (broad SMARTS) is 1. The van der Waals surface area contributed by atoms with Gasteiger partial charge >= 0.3 is 12.0 Å². The van der Waals surface area contributed by atoms with Crippen LogP contribution in [0.4, 0.5) is 4.79 Å². The molecule has 2 amide bonds. The first kappa shape index (κ1) is 12.8. The number of nitrogens with one attached hydrogen (secondary N) is 1. The zero-order valence-electron chi connectivity index (χ0n) is 11.2. The largest absolute Gasteiger partial charge is 0.480 e. The van der Waals surface area contributed by atoms with Crippen LogP contribution in [0.15, 0.2) is 0 Å². The first-order chi connectivity index (χ1) is 9.16. The molecule has 2 aliphatic carbocycles. The molecule has 3 fully saturated rings. The number of urea groups is 1. The molecule has 0 bridgehead atoms. The summed E-state index contributed by atoms with van der Waals surface area (Å²) < 4.78 is 0. The Bertz CT molecular complexity index is 365. The van der Waals surface area contributed by atoms with Gasteiger partial charge in [0.05, 0.1) is 0 Å². The molecule has 3 aliphatic rings. The molecule has 1 aliphatic heterocycles. The molecule has 0 spiro atoms. The Labute approximate surface area is 113 Å². The number of carboxylic acids is 1. The van der Waals surface area contributed by atoms with Crippen LogP contribution in [0.3, 0.4) is 0 Å². The standard InChI is InChI=1S/C14H22N2O3/c17-13(18)11-3-1-2-8-16(11)14(19)15-12(9-4-5-9)10-6-7-10/h9-12H,1-8H2,(H,15,19)(H,17,18). The maximum atomic E-state index is 12.3. The van der Waals surface area contributed by atoms with Crippen LogP contribution in [0.1, 0.15) is 44.9 Å². The molecule has 2 saturated carbocycles. The van der Waals surface area contributed by atoms with Crippen LogP contribution in [0.5, 0.6) is 0 Å². The number of carbonyl (C=O) groups is 2. The second kappa shape index (κ2) is 5.02. The highest BCUT2D eigenvalue weighted by Crippen LogP contribution is 2.44. The lowest BCUT2D eigenvalue weighted by Crippen LogP contribution is -2.54. The molecule has 0 aromatic carbocycles. The third-order valence-electron chi connectivity index (χ3n) is 4.60. The fraction of sp³-hybridized carbons (Fsp3) is 0.857. The number of nitrogens with zero attached hydrogens (tertiary/aromatic N) is 1. The number of hydrogen-bond acceptors (Lipinski definition) is 2. The first-order valence-electron chi connectivity index (χ1n) is 7.47. The Morgan fingerprint density at radius 1 is 1.05 bits per heavy atom. The number of aliphatic carboxylic acids is 1. The smallest absolute Gasteiger partial charge is 0.326 e. The Morgan fingerprint density at radius 3 is 2.21 bits per heavy atom. The zero-order valence-corrected chi connectivity index (χ0v) is 11.2. The normalized spacial score (nSPS) is 27.4. The monoisotopic (exact) mass is 266 g/mol. The van der Waals surface area contributed by atoms with Crippen LogP contribution in [0.25, 0.3) is 0 Å². The van der Waals surface area contributed by atoms with E-state index < -0.39 is 12.0 Å². The van der Waals surface area contributed by atoms with Gasteiger partial charge < -0.3 is 15.3 Å². The van der Waals surface area contributed by atoms with Crippen molar-refractivity contribution in [1.29, 1.82) is 0 Å². The van der Waals surface area contributed by atoms with Gasteiger partial charge in [-0.15, -0.1) is 0 Å². The Balaban J connectivity index is 1.62. The highest BCUT2D eigenvalue weighted by atomic mass is 16.4. The van der Waals surface area contributed by atoms with Crippen LogP contribution >= 0.6 is 0 Å². The second-order valence-electron chi connectivity index (χ2n) is 6.19. The van der Waals surface area contributed by atoms with Gasteiger partial charge in [-0.1, -0.05) is 0 Å². The molecule has 2 N–H and O–H groups in total. The van der Waals surface area contributed by atoms with Crippen LogP contribution in [-0.2, 0) is 4.79 Å². The molecule has 1 unspecified atom stereocenters. The third-order valence-corrected chi connectivity index (χ3v) is 4.60. The predicted molar refractivity (Wildman–Crippen MR) is 69.7 cm³/mol. The minimum Gasteiger partial charge on any atom is -0.480 e. The fourth-order valence-corrected chi connectivity index (χ4v) is 3.19. The summed E-state index contributed by atoms with van der Waals surface area (Å²) in [5, 5.41) is 12.3. The van der Waals surface area contributed by atoms with Gasteiger partial charge in [-0.3, -0.25) is 0 Å². The number of hydrogen-bond donors (Lipinski definition) is 2. The van der Waals surface area contributed by atoms with E-state index in [0.717, 1.165) is 12.8 Å². The summed E-state index contributed by atoms with van der Waals surface area (Å²) >= 11 is 0. The molecule has 0 aromatic heterocycles. The SMILES string of the molecule is O=C(O)C1CCCCN1C(=O)NC(C1CC1)C1CC1.